The van der Waals surface area contributed by atoms with E-state index >= 15 is 0 Å². The molecule has 0 atom stereocenters. The van der Waals surface area contributed by atoms with Crippen LogP contribution in [0.1, 0.15) is 5.01 Å². The van der Waals surface area contributed by atoms with Crippen molar-refractivity contribution in [1.82, 2.24) is 24.8 Å². The van der Waals surface area contributed by atoms with Crippen molar-refractivity contribution in [2.24, 2.45) is 0 Å². The van der Waals surface area contributed by atoms with Gasteiger partial charge in [-0.3, -0.25) is 0 Å². The van der Waals surface area contributed by atoms with Crippen molar-refractivity contribution in [2.75, 3.05) is 7.11 Å². The summed E-state index contributed by atoms with van der Waals surface area (Å²) < 4.78 is 12.8. The molecule has 5 aromatic rings. The van der Waals surface area contributed by atoms with Gasteiger partial charge in [-0.05, 0) is 24.3 Å². The standard InChI is InChI=1S/C19H15N5O2S/c1-25-13-6-4-7-14(10-13)26-11-17-23-24-18(21-22-19(24)27-17)16-9-12-5-2-3-8-15(12)20-16/h2-10,20H,11H2,1H3. The first-order valence-corrected chi connectivity index (χ1v) is 9.18. The van der Waals surface area contributed by atoms with Gasteiger partial charge in [-0.2, -0.15) is 9.61 Å². The molecular formula is C19H15N5O2S. The van der Waals surface area contributed by atoms with Gasteiger partial charge in [0.2, 0.25) is 10.8 Å². The highest BCUT2D eigenvalue weighted by atomic mass is 32.1. The van der Waals surface area contributed by atoms with E-state index in [2.05, 4.69) is 32.4 Å². The highest BCUT2D eigenvalue weighted by Crippen LogP contribution is 2.26. The Morgan fingerprint density at radius 3 is 2.81 bits per heavy atom. The minimum atomic E-state index is 0.355. The number of rotatable bonds is 5. The summed E-state index contributed by atoms with van der Waals surface area (Å²) in [6, 6.07) is 17.7. The number of hydrogen-bond acceptors (Lipinski definition) is 6. The van der Waals surface area contributed by atoms with Gasteiger partial charge in [0.1, 0.15) is 18.1 Å². The summed E-state index contributed by atoms with van der Waals surface area (Å²) in [5, 5.41) is 15.1. The molecule has 0 unspecified atom stereocenters. The molecule has 0 fully saturated rings. The molecule has 1 N–H and O–H groups in total. The number of benzene rings is 2. The van der Waals surface area contributed by atoms with E-state index < -0.39 is 0 Å². The van der Waals surface area contributed by atoms with Gasteiger partial charge in [-0.25, -0.2) is 0 Å². The molecule has 0 saturated carbocycles. The predicted octanol–water partition coefficient (Wildman–Crippen LogP) is 3.92. The smallest absolute Gasteiger partial charge is 0.235 e. The van der Waals surface area contributed by atoms with Crippen LogP contribution in [0.4, 0.5) is 0 Å². The number of hydrogen-bond donors (Lipinski definition) is 1. The SMILES string of the molecule is COc1cccc(OCc2nn3c(-c4cc5ccccc5[nH]4)nnc3s2)c1. The molecule has 0 radical (unpaired) electrons. The Balaban J connectivity index is 1.42. The van der Waals surface area contributed by atoms with E-state index in [-0.39, 0.29) is 0 Å². The Hall–Kier alpha value is -3.39. The minimum Gasteiger partial charge on any atom is -0.497 e. The molecule has 0 aliphatic heterocycles. The molecule has 5 rings (SSSR count). The summed E-state index contributed by atoms with van der Waals surface area (Å²) in [6.07, 6.45) is 0. The van der Waals surface area contributed by atoms with Crippen LogP contribution < -0.4 is 9.47 Å². The third kappa shape index (κ3) is 2.89. The molecule has 27 heavy (non-hydrogen) atoms. The molecule has 134 valence electrons. The second-order valence-electron chi connectivity index (χ2n) is 5.95. The van der Waals surface area contributed by atoms with Crippen LogP contribution in [0.3, 0.4) is 0 Å². The summed E-state index contributed by atoms with van der Waals surface area (Å²) in [4.78, 5) is 4.10. The molecule has 0 amide bonds. The first-order valence-electron chi connectivity index (χ1n) is 8.36. The Morgan fingerprint density at radius 1 is 1.04 bits per heavy atom. The first-order chi connectivity index (χ1) is 13.3. The summed E-state index contributed by atoms with van der Waals surface area (Å²) in [5.41, 5.74) is 1.94. The zero-order chi connectivity index (χ0) is 18.2. The molecule has 2 aromatic carbocycles. The van der Waals surface area contributed by atoms with Gasteiger partial charge in [0.05, 0.1) is 12.8 Å². The number of para-hydroxylation sites is 1. The van der Waals surface area contributed by atoms with Crippen molar-refractivity contribution in [3.05, 3.63) is 59.6 Å². The van der Waals surface area contributed by atoms with E-state index in [9.17, 15) is 0 Å². The Morgan fingerprint density at radius 2 is 1.93 bits per heavy atom. The molecule has 0 aliphatic carbocycles. The largest absolute Gasteiger partial charge is 0.497 e. The van der Waals surface area contributed by atoms with Gasteiger partial charge in [-0.1, -0.05) is 35.6 Å². The van der Waals surface area contributed by atoms with E-state index in [0.717, 1.165) is 38.1 Å². The van der Waals surface area contributed by atoms with Crippen LogP contribution >= 0.6 is 11.3 Å². The van der Waals surface area contributed by atoms with E-state index in [4.69, 9.17) is 9.47 Å². The third-order valence-electron chi connectivity index (χ3n) is 4.21. The normalized spacial score (nSPS) is 11.3. The maximum atomic E-state index is 5.83. The maximum Gasteiger partial charge on any atom is 0.235 e. The molecule has 0 saturated heterocycles. The van der Waals surface area contributed by atoms with E-state index in [1.165, 1.54) is 11.3 Å². The summed E-state index contributed by atoms with van der Waals surface area (Å²) in [6.45, 7) is 0.355. The van der Waals surface area contributed by atoms with Crippen LogP contribution in [0.2, 0.25) is 0 Å². The summed E-state index contributed by atoms with van der Waals surface area (Å²) in [5.74, 6) is 2.17. The maximum absolute atomic E-state index is 5.83. The Labute approximate surface area is 158 Å². The van der Waals surface area contributed by atoms with Gasteiger partial charge < -0.3 is 14.5 Å². The first kappa shape index (κ1) is 15.8. The Kier molecular flexibility index (Phi) is 3.75. The molecule has 3 aromatic heterocycles. The topological polar surface area (TPSA) is 77.3 Å². The molecule has 7 nitrogen and oxygen atoms in total. The van der Waals surface area contributed by atoms with Gasteiger partial charge in [0.25, 0.3) is 0 Å². The monoisotopic (exact) mass is 377 g/mol. The van der Waals surface area contributed by atoms with Crippen molar-refractivity contribution in [2.45, 2.75) is 6.61 Å². The number of nitrogens with one attached hydrogen (secondary N) is 1. The molecule has 0 aliphatic rings. The number of nitrogens with zero attached hydrogens (tertiary/aromatic N) is 4. The lowest BCUT2D eigenvalue weighted by atomic mass is 10.2. The Bertz CT molecular complexity index is 1210. The van der Waals surface area contributed by atoms with Crippen molar-refractivity contribution in [3.8, 4) is 23.0 Å². The zero-order valence-corrected chi connectivity index (χ0v) is 15.2. The lowest BCUT2D eigenvalue weighted by Crippen LogP contribution is -1.97. The zero-order valence-electron chi connectivity index (χ0n) is 14.4. The quantitative estimate of drug-likeness (QED) is 0.502. The lowest BCUT2D eigenvalue weighted by Gasteiger charge is -2.05. The fourth-order valence-electron chi connectivity index (χ4n) is 2.91. The summed E-state index contributed by atoms with van der Waals surface area (Å²) in [7, 11) is 1.63. The van der Waals surface area contributed by atoms with Gasteiger partial charge in [0, 0.05) is 17.0 Å². The van der Waals surface area contributed by atoms with Crippen molar-refractivity contribution in [1.29, 1.82) is 0 Å². The van der Waals surface area contributed by atoms with Crippen molar-refractivity contribution in [3.63, 3.8) is 0 Å². The number of H-pyrrole nitrogens is 1. The van der Waals surface area contributed by atoms with Gasteiger partial charge in [-0.15, -0.1) is 10.2 Å². The number of aromatic amines is 1. The van der Waals surface area contributed by atoms with Crippen LogP contribution in [0, 0.1) is 0 Å². The predicted molar refractivity (Wildman–Crippen MR) is 103 cm³/mol. The van der Waals surface area contributed by atoms with Crippen LogP contribution in [0.5, 0.6) is 11.5 Å². The van der Waals surface area contributed by atoms with E-state index in [1.54, 1.807) is 11.6 Å². The lowest BCUT2D eigenvalue weighted by molar-refractivity contribution is 0.301. The molecule has 8 heteroatoms. The fraction of sp³-hybridized carbons (Fsp3) is 0.105. The van der Waals surface area contributed by atoms with Crippen LogP contribution in [-0.2, 0) is 6.61 Å². The highest BCUT2D eigenvalue weighted by molar-refractivity contribution is 7.16. The van der Waals surface area contributed by atoms with Gasteiger partial charge >= 0.3 is 0 Å². The van der Waals surface area contributed by atoms with Crippen molar-refractivity contribution < 1.29 is 9.47 Å². The number of fused-ring (bicyclic) bond motifs is 2. The molecule has 3 heterocycles. The third-order valence-corrected chi connectivity index (χ3v) is 5.08. The molecule has 0 spiro atoms. The van der Waals surface area contributed by atoms with E-state index in [0.29, 0.717) is 12.4 Å². The van der Waals surface area contributed by atoms with Crippen LogP contribution in [0.15, 0.2) is 54.6 Å². The van der Waals surface area contributed by atoms with Gasteiger partial charge in [0.15, 0.2) is 5.01 Å². The second-order valence-corrected chi connectivity index (χ2v) is 6.99. The molecular weight excluding hydrogens is 362 g/mol. The highest BCUT2D eigenvalue weighted by Gasteiger charge is 2.15. The number of aromatic nitrogens is 5. The molecule has 0 bridgehead atoms. The number of ether oxygens (including phenoxy) is 2. The fourth-order valence-corrected chi connectivity index (χ4v) is 3.66. The second kappa shape index (κ2) is 6.40. The van der Waals surface area contributed by atoms with Crippen molar-refractivity contribution >= 4 is 27.2 Å². The van der Waals surface area contributed by atoms with Crippen LogP contribution in [0.25, 0.3) is 27.4 Å². The summed E-state index contributed by atoms with van der Waals surface area (Å²) >= 11 is 1.46. The average molecular weight is 377 g/mol. The number of methoxy groups -OCH3 is 1. The van der Waals surface area contributed by atoms with Crippen LogP contribution in [-0.4, -0.2) is 31.9 Å². The van der Waals surface area contributed by atoms with E-state index in [1.807, 2.05) is 42.5 Å². The average Bonchev–Trinajstić information content (AvgIpc) is 3.39. The minimum absolute atomic E-state index is 0.355.